The Labute approximate surface area is 59.6 Å². The number of aliphatic hydroxyl groups is 2. The van der Waals surface area contributed by atoms with Crippen molar-refractivity contribution in [1.82, 2.24) is 0 Å². The lowest BCUT2D eigenvalue weighted by Gasteiger charge is -2.01. The van der Waals surface area contributed by atoms with Gasteiger partial charge in [0.2, 0.25) is 0 Å². The summed E-state index contributed by atoms with van der Waals surface area (Å²) in [4.78, 5) is 0. The SMILES string of the molecule is C=CCC(OC=C)=C(O)O. The third-order valence-corrected chi connectivity index (χ3v) is 0.805. The summed E-state index contributed by atoms with van der Waals surface area (Å²) in [6, 6.07) is 0. The summed E-state index contributed by atoms with van der Waals surface area (Å²) in [5.74, 6) is -0.787. The van der Waals surface area contributed by atoms with Crippen molar-refractivity contribution >= 4 is 0 Å². The van der Waals surface area contributed by atoms with Gasteiger partial charge in [0.05, 0.1) is 6.26 Å². The van der Waals surface area contributed by atoms with Crippen molar-refractivity contribution in [3.63, 3.8) is 0 Å². The summed E-state index contributed by atoms with van der Waals surface area (Å²) in [5.41, 5.74) is 0. The van der Waals surface area contributed by atoms with Gasteiger partial charge in [0.1, 0.15) is 0 Å². The molecule has 0 aliphatic heterocycles. The van der Waals surface area contributed by atoms with E-state index in [1.54, 1.807) is 0 Å². The molecule has 0 aromatic heterocycles. The molecule has 0 bridgehead atoms. The minimum atomic E-state index is -0.834. The molecule has 0 fully saturated rings. The molecule has 0 aromatic rings. The maximum absolute atomic E-state index is 8.49. The smallest absolute Gasteiger partial charge is 0.314 e. The summed E-state index contributed by atoms with van der Waals surface area (Å²) >= 11 is 0. The van der Waals surface area contributed by atoms with E-state index in [0.29, 0.717) is 0 Å². The lowest BCUT2D eigenvalue weighted by Crippen LogP contribution is -1.90. The Balaban J connectivity index is 4.10. The molecular weight excluding hydrogens is 132 g/mol. The minimum Gasteiger partial charge on any atom is -0.479 e. The molecule has 0 saturated heterocycles. The van der Waals surface area contributed by atoms with Gasteiger partial charge in [-0.15, -0.1) is 6.58 Å². The van der Waals surface area contributed by atoms with Gasteiger partial charge in [-0.1, -0.05) is 12.7 Å². The van der Waals surface area contributed by atoms with E-state index in [2.05, 4.69) is 17.9 Å². The van der Waals surface area contributed by atoms with Crippen molar-refractivity contribution in [3.8, 4) is 0 Å². The van der Waals surface area contributed by atoms with E-state index in [0.717, 1.165) is 6.26 Å². The lowest BCUT2D eigenvalue weighted by molar-refractivity contribution is 0.151. The van der Waals surface area contributed by atoms with Gasteiger partial charge in [-0.05, 0) is 0 Å². The third-order valence-electron chi connectivity index (χ3n) is 0.805. The molecule has 0 atom stereocenters. The summed E-state index contributed by atoms with van der Waals surface area (Å²) in [6.45, 7) is 6.65. The number of hydrogen-bond acceptors (Lipinski definition) is 3. The van der Waals surface area contributed by atoms with Crippen LogP contribution in [0.2, 0.25) is 0 Å². The Kier molecular flexibility index (Phi) is 3.87. The molecule has 0 radical (unpaired) electrons. The van der Waals surface area contributed by atoms with E-state index in [-0.39, 0.29) is 12.2 Å². The molecule has 0 rings (SSSR count). The predicted molar refractivity (Wildman–Crippen MR) is 38.4 cm³/mol. The van der Waals surface area contributed by atoms with E-state index in [4.69, 9.17) is 10.2 Å². The van der Waals surface area contributed by atoms with Crippen LogP contribution in [0.5, 0.6) is 0 Å². The van der Waals surface area contributed by atoms with Crippen LogP contribution in [0, 0.1) is 0 Å². The molecule has 56 valence electrons. The second kappa shape index (κ2) is 4.49. The van der Waals surface area contributed by atoms with E-state index < -0.39 is 5.95 Å². The average molecular weight is 142 g/mol. The molecule has 0 aliphatic rings. The van der Waals surface area contributed by atoms with Crippen LogP contribution in [-0.2, 0) is 4.74 Å². The molecule has 0 aliphatic carbocycles. The number of aliphatic hydroxyl groups excluding tert-OH is 1. The summed E-state index contributed by atoms with van der Waals surface area (Å²) < 4.78 is 4.62. The van der Waals surface area contributed by atoms with Crippen molar-refractivity contribution in [2.24, 2.45) is 0 Å². The Bertz CT molecular complexity index is 142. The molecule has 0 unspecified atom stereocenters. The second-order valence-electron chi connectivity index (χ2n) is 1.52. The molecule has 10 heavy (non-hydrogen) atoms. The van der Waals surface area contributed by atoms with E-state index in [1.165, 1.54) is 6.08 Å². The van der Waals surface area contributed by atoms with Crippen LogP contribution >= 0.6 is 0 Å². The normalized spacial score (nSPS) is 8.00. The lowest BCUT2D eigenvalue weighted by atomic mass is 10.3. The second-order valence-corrected chi connectivity index (χ2v) is 1.52. The number of rotatable bonds is 4. The summed E-state index contributed by atoms with van der Waals surface area (Å²) in [7, 11) is 0. The molecule has 0 heterocycles. The highest BCUT2D eigenvalue weighted by molar-refractivity contribution is 4.98. The maximum atomic E-state index is 8.49. The molecule has 0 amide bonds. The van der Waals surface area contributed by atoms with Crippen LogP contribution in [0.1, 0.15) is 6.42 Å². The Hall–Kier alpha value is -1.38. The fraction of sp³-hybridized carbons (Fsp3) is 0.143. The van der Waals surface area contributed by atoms with Gasteiger partial charge in [0.25, 0.3) is 0 Å². The zero-order valence-corrected chi connectivity index (χ0v) is 5.58. The van der Waals surface area contributed by atoms with Gasteiger partial charge >= 0.3 is 5.95 Å². The zero-order chi connectivity index (χ0) is 7.98. The quantitative estimate of drug-likeness (QED) is 0.466. The zero-order valence-electron chi connectivity index (χ0n) is 5.58. The van der Waals surface area contributed by atoms with Gasteiger partial charge in [-0.3, -0.25) is 0 Å². The first-order valence-electron chi connectivity index (χ1n) is 2.72. The highest BCUT2D eigenvalue weighted by atomic mass is 16.5. The molecule has 2 N–H and O–H groups in total. The van der Waals surface area contributed by atoms with Crippen LogP contribution in [0.15, 0.2) is 37.2 Å². The van der Waals surface area contributed by atoms with E-state index in [1.807, 2.05) is 0 Å². The fourth-order valence-electron chi connectivity index (χ4n) is 0.424. The van der Waals surface area contributed by atoms with Crippen molar-refractivity contribution in [3.05, 3.63) is 37.2 Å². The van der Waals surface area contributed by atoms with E-state index >= 15 is 0 Å². The third kappa shape index (κ3) is 2.81. The predicted octanol–water partition coefficient (Wildman–Crippen LogP) is 2.01. The van der Waals surface area contributed by atoms with Gasteiger partial charge in [0, 0.05) is 6.42 Å². The average Bonchev–Trinajstić information content (AvgIpc) is 1.87. The molecule has 0 spiro atoms. The van der Waals surface area contributed by atoms with Gasteiger partial charge in [0.15, 0.2) is 5.76 Å². The minimum absolute atomic E-state index is 0.0463. The van der Waals surface area contributed by atoms with Crippen LogP contribution in [0.3, 0.4) is 0 Å². The Morgan fingerprint density at radius 2 is 2.00 bits per heavy atom. The highest BCUT2D eigenvalue weighted by Crippen LogP contribution is 2.06. The molecule has 3 heteroatoms. The molecular formula is C7H10O3. The topological polar surface area (TPSA) is 49.7 Å². The Morgan fingerprint density at radius 3 is 2.30 bits per heavy atom. The number of hydrogen-bond donors (Lipinski definition) is 2. The fourth-order valence-corrected chi connectivity index (χ4v) is 0.424. The maximum Gasteiger partial charge on any atom is 0.314 e. The molecule has 0 saturated carbocycles. The Morgan fingerprint density at radius 1 is 1.40 bits per heavy atom. The molecule has 0 aromatic carbocycles. The van der Waals surface area contributed by atoms with E-state index in [9.17, 15) is 0 Å². The summed E-state index contributed by atoms with van der Waals surface area (Å²) in [5, 5.41) is 17.0. The van der Waals surface area contributed by atoms with Crippen molar-refractivity contribution < 1.29 is 14.9 Å². The molecule has 3 nitrogen and oxygen atoms in total. The number of allylic oxidation sites excluding steroid dienone is 1. The van der Waals surface area contributed by atoms with Crippen molar-refractivity contribution in [2.75, 3.05) is 0 Å². The van der Waals surface area contributed by atoms with Crippen LogP contribution in [0.25, 0.3) is 0 Å². The van der Waals surface area contributed by atoms with Crippen LogP contribution < -0.4 is 0 Å². The first-order chi connectivity index (χ1) is 4.72. The van der Waals surface area contributed by atoms with Gasteiger partial charge in [-0.25, -0.2) is 0 Å². The standard InChI is InChI=1S/C7H10O3/c1-3-5-6(7(8)9)10-4-2/h3-4,8-9H,1-2,5H2. The number of ether oxygens (including phenoxy) is 1. The van der Waals surface area contributed by atoms with Crippen LogP contribution in [-0.4, -0.2) is 10.2 Å². The van der Waals surface area contributed by atoms with Crippen molar-refractivity contribution in [1.29, 1.82) is 0 Å². The monoisotopic (exact) mass is 142 g/mol. The van der Waals surface area contributed by atoms with Gasteiger partial charge < -0.3 is 14.9 Å². The first kappa shape index (κ1) is 8.62. The van der Waals surface area contributed by atoms with Crippen LogP contribution in [0.4, 0.5) is 0 Å². The van der Waals surface area contributed by atoms with Gasteiger partial charge in [-0.2, -0.15) is 0 Å². The largest absolute Gasteiger partial charge is 0.479 e. The van der Waals surface area contributed by atoms with Crippen molar-refractivity contribution in [2.45, 2.75) is 6.42 Å². The highest BCUT2D eigenvalue weighted by Gasteiger charge is 2.00. The summed E-state index contributed by atoms with van der Waals surface area (Å²) in [6.07, 6.45) is 2.88. The first-order valence-corrected chi connectivity index (χ1v) is 2.72.